The summed E-state index contributed by atoms with van der Waals surface area (Å²) in [5.74, 6) is 1.91. The molecule has 1 aromatic heterocycles. The third kappa shape index (κ3) is 4.20. The number of likely N-dealkylation sites (tertiary alicyclic amines) is 1. The van der Waals surface area contributed by atoms with E-state index in [4.69, 9.17) is 21.1 Å². The van der Waals surface area contributed by atoms with E-state index in [-0.39, 0.29) is 18.5 Å². The average molecular weight is 440 g/mol. The summed E-state index contributed by atoms with van der Waals surface area (Å²) in [6, 6.07) is 13.2. The zero-order chi connectivity index (χ0) is 21.2. The summed E-state index contributed by atoms with van der Waals surface area (Å²) in [5, 5.41) is 13.1. The Hall–Kier alpha value is -3.13. The molecule has 1 saturated heterocycles. The second-order valence-corrected chi connectivity index (χ2v) is 8.09. The third-order valence-corrected chi connectivity index (χ3v) is 5.78. The van der Waals surface area contributed by atoms with Crippen LogP contribution in [0.25, 0.3) is 11.4 Å². The Morgan fingerprint density at radius 2 is 1.97 bits per heavy atom. The summed E-state index contributed by atoms with van der Waals surface area (Å²) in [6.45, 7) is 2.03. The van der Waals surface area contributed by atoms with Crippen LogP contribution >= 0.6 is 11.6 Å². The Morgan fingerprint density at radius 1 is 1.10 bits per heavy atom. The van der Waals surface area contributed by atoms with E-state index in [9.17, 15) is 4.79 Å². The molecule has 31 heavy (non-hydrogen) atoms. The number of hydrogen-bond donors (Lipinski definition) is 0. The Balaban J connectivity index is 1.31. The molecule has 0 radical (unpaired) electrons. The summed E-state index contributed by atoms with van der Waals surface area (Å²) in [5.41, 5.74) is 1.82. The number of aromatic nitrogens is 4. The largest absolute Gasteiger partial charge is 0.490 e. The second-order valence-electron chi connectivity index (χ2n) is 7.66. The van der Waals surface area contributed by atoms with Gasteiger partial charge in [-0.15, -0.1) is 10.2 Å². The molecule has 160 valence electrons. The lowest BCUT2D eigenvalue weighted by molar-refractivity contribution is -0.133. The lowest BCUT2D eigenvalue weighted by atomic mass is 10.0. The van der Waals surface area contributed by atoms with Crippen LogP contribution in [-0.2, 0) is 11.3 Å². The van der Waals surface area contributed by atoms with E-state index in [2.05, 4.69) is 15.4 Å². The maximum Gasteiger partial charge on any atom is 0.246 e. The first-order chi connectivity index (χ1) is 15.2. The van der Waals surface area contributed by atoms with Crippen molar-refractivity contribution in [1.82, 2.24) is 25.1 Å². The van der Waals surface area contributed by atoms with Crippen LogP contribution < -0.4 is 9.47 Å². The van der Waals surface area contributed by atoms with E-state index in [0.29, 0.717) is 30.6 Å². The van der Waals surface area contributed by atoms with Crippen molar-refractivity contribution in [2.45, 2.75) is 31.8 Å². The fraction of sp³-hybridized carbons (Fsp3) is 0.364. The predicted octanol–water partition coefficient (Wildman–Crippen LogP) is 3.52. The van der Waals surface area contributed by atoms with Gasteiger partial charge in [0, 0.05) is 23.6 Å². The fourth-order valence-electron chi connectivity index (χ4n) is 4.06. The Bertz CT molecular complexity index is 1100. The van der Waals surface area contributed by atoms with Gasteiger partial charge in [0.1, 0.15) is 6.54 Å². The minimum atomic E-state index is -0.0374. The smallest absolute Gasteiger partial charge is 0.246 e. The molecule has 1 amide bonds. The van der Waals surface area contributed by atoms with Gasteiger partial charge in [0.05, 0.1) is 19.3 Å². The standard InChI is InChI=1S/C22H22ClN5O3/c23-17-5-1-4-16(12-17)22-24-26-28(25-22)14-21(29)27-9-2-6-18(27)15-7-8-19-20(13-15)31-11-3-10-30-19/h1,4-5,7-8,12-13,18H,2-3,6,9-11,14H2/t18-/m0/s1. The Morgan fingerprint density at radius 3 is 2.84 bits per heavy atom. The number of carbonyl (C=O) groups excluding carboxylic acids is 1. The van der Waals surface area contributed by atoms with Gasteiger partial charge in [0.2, 0.25) is 11.7 Å². The molecule has 8 nitrogen and oxygen atoms in total. The van der Waals surface area contributed by atoms with Gasteiger partial charge in [0.15, 0.2) is 11.5 Å². The number of halogens is 1. The van der Waals surface area contributed by atoms with E-state index in [1.165, 1.54) is 4.80 Å². The van der Waals surface area contributed by atoms with Crippen molar-refractivity contribution >= 4 is 17.5 Å². The van der Waals surface area contributed by atoms with Crippen LogP contribution in [0.1, 0.15) is 30.9 Å². The van der Waals surface area contributed by atoms with Crippen molar-refractivity contribution < 1.29 is 14.3 Å². The molecule has 0 spiro atoms. The highest BCUT2D eigenvalue weighted by atomic mass is 35.5. The first-order valence-electron chi connectivity index (χ1n) is 10.4. The molecule has 5 rings (SSSR count). The lowest BCUT2D eigenvalue weighted by Crippen LogP contribution is -2.34. The van der Waals surface area contributed by atoms with Crippen molar-refractivity contribution in [3.8, 4) is 22.9 Å². The molecule has 3 aromatic rings. The van der Waals surface area contributed by atoms with Crippen molar-refractivity contribution in [1.29, 1.82) is 0 Å². The highest BCUT2D eigenvalue weighted by molar-refractivity contribution is 6.30. The second kappa shape index (κ2) is 8.55. The van der Waals surface area contributed by atoms with Crippen LogP contribution in [0.3, 0.4) is 0 Å². The number of hydrogen-bond acceptors (Lipinski definition) is 6. The molecule has 0 bridgehead atoms. The molecule has 0 unspecified atom stereocenters. The molecule has 1 atom stereocenters. The molecular formula is C22H22ClN5O3. The third-order valence-electron chi connectivity index (χ3n) is 5.54. The highest BCUT2D eigenvalue weighted by Crippen LogP contribution is 2.38. The number of benzene rings is 2. The van der Waals surface area contributed by atoms with Gasteiger partial charge in [-0.1, -0.05) is 29.8 Å². The maximum absolute atomic E-state index is 13.1. The number of tetrazole rings is 1. The molecule has 1 fully saturated rings. The number of nitrogens with zero attached hydrogens (tertiary/aromatic N) is 5. The van der Waals surface area contributed by atoms with Crippen LogP contribution in [0.15, 0.2) is 42.5 Å². The van der Waals surface area contributed by atoms with Crippen LogP contribution in [0.5, 0.6) is 11.5 Å². The van der Waals surface area contributed by atoms with E-state index < -0.39 is 0 Å². The number of carbonyl (C=O) groups is 1. The summed E-state index contributed by atoms with van der Waals surface area (Å²) in [7, 11) is 0. The minimum Gasteiger partial charge on any atom is -0.490 e. The zero-order valence-corrected chi connectivity index (χ0v) is 17.7. The highest BCUT2D eigenvalue weighted by Gasteiger charge is 2.31. The number of ether oxygens (including phenoxy) is 2. The van der Waals surface area contributed by atoms with Crippen LogP contribution in [-0.4, -0.2) is 50.8 Å². The SMILES string of the molecule is O=C(Cn1nnc(-c2cccc(Cl)c2)n1)N1CCC[C@H]1c1ccc2c(c1)OCCCO2. The van der Waals surface area contributed by atoms with Crippen molar-refractivity contribution in [2.75, 3.05) is 19.8 Å². The Kier molecular flexibility index (Phi) is 5.46. The van der Waals surface area contributed by atoms with E-state index in [0.717, 1.165) is 41.9 Å². The van der Waals surface area contributed by atoms with Gasteiger partial charge in [0.25, 0.3) is 0 Å². The molecule has 0 aliphatic carbocycles. The molecule has 0 N–H and O–H groups in total. The van der Waals surface area contributed by atoms with Gasteiger partial charge < -0.3 is 14.4 Å². The first kappa shape index (κ1) is 19.8. The number of rotatable bonds is 4. The van der Waals surface area contributed by atoms with Crippen LogP contribution in [0.4, 0.5) is 0 Å². The van der Waals surface area contributed by atoms with Crippen molar-refractivity contribution in [3.63, 3.8) is 0 Å². The lowest BCUT2D eigenvalue weighted by Gasteiger charge is -2.25. The van der Waals surface area contributed by atoms with Gasteiger partial charge >= 0.3 is 0 Å². The molecular weight excluding hydrogens is 418 g/mol. The molecule has 2 aliphatic rings. The average Bonchev–Trinajstić information content (AvgIpc) is 3.38. The van der Waals surface area contributed by atoms with Gasteiger partial charge in [-0.05, 0) is 47.9 Å². The van der Waals surface area contributed by atoms with E-state index in [1.807, 2.05) is 35.2 Å². The minimum absolute atomic E-state index is 0.000532. The molecule has 2 aromatic carbocycles. The monoisotopic (exact) mass is 439 g/mol. The van der Waals surface area contributed by atoms with Gasteiger partial charge in [-0.3, -0.25) is 4.79 Å². The maximum atomic E-state index is 13.1. The molecule has 3 heterocycles. The van der Waals surface area contributed by atoms with Gasteiger partial charge in [-0.25, -0.2) is 0 Å². The van der Waals surface area contributed by atoms with Crippen LogP contribution in [0.2, 0.25) is 5.02 Å². The molecule has 9 heteroatoms. The van der Waals surface area contributed by atoms with Crippen molar-refractivity contribution in [2.24, 2.45) is 0 Å². The molecule has 0 saturated carbocycles. The summed E-state index contributed by atoms with van der Waals surface area (Å²) < 4.78 is 11.5. The fourth-order valence-corrected chi connectivity index (χ4v) is 4.25. The quantitative estimate of drug-likeness (QED) is 0.618. The summed E-state index contributed by atoms with van der Waals surface area (Å²) >= 11 is 6.04. The Labute approximate surface area is 184 Å². The van der Waals surface area contributed by atoms with Crippen molar-refractivity contribution in [3.05, 3.63) is 53.1 Å². The number of amides is 1. The van der Waals surface area contributed by atoms with E-state index >= 15 is 0 Å². The topological polar surface area (TPSA) is 82.4 Å². The summed E-state index contributed by atoms with van der Waals surface area (Å²) in [4.78, 5) is 16.3. The predicted molar refractivity (Wildman–Crippen MR) is 114 cm³/mol. The zero-order valence-electron chi connectivity index (χ0n) is 16.9. The summed E-state index contributed by atoms with van der Waals surface area (Å²) in [6.07, 6.45) is 2.72. The first-order valence-corrected chi connectivity index (χ1v) is 10.8. The van der Waals surface area contributed by atoms with Crippen LogP contribution in [0, 0.1) is 0 Å². The molecule has 2 aliphatic heterocycles. The van der Waals surface area contributed by atoms with Gasteiger partial charge in [-0.2, -0.15) is 4.80 Å². The normalized spacial score (nSPS) is 18.1. The number of fused-ring (bicyclic) bond motifs is 1. The van der Waals surface area contributed by atoms with E-state index in [1.54, 1.807) is 12.1 Å².